The third-order valence-electron chi connectivity index (χ3n) is 10.0. The number of amides is 2. The summed E-state index contributed by atoms with van der Waals surface area (Å²) in [7, 11) is 3.63. The van der Waals surface area contributed by atoms with Crippen LogP contribution in [0.25, 0.3) is 33.6 Å². The van der Waals surface area contributed by atoms with Crippen molar-refractivity contribution in [2.45, 2.75) is 97.3 Å². The van der Waals surface area contributed by atoms with Crippen LogP contribution < -0.4 is 15.8 Å². The normalized spacial score (nSPS) is 22.9. The highest BCUT2D eigenvalue weighted by molar-refractivity contribution is 6.00. The first-order chi connectivity index (χ1) is 21.5. The lowest BCUT2D eigenvalue weighted by Gasteiger charge is -2.37. The van der Waals surface area contributed by atoms with E-state index < -0.39 is 5.41 Å². The minimum absolute atomic E-state index is 0.0280. The lowest BCUT2D eigenvalue weighted by atomic mass is 9.85. The molecule has 1 saturated heterocycles. The number of aryl methyl sites for hydroxylation is 2. The van der Waals surface area contributed by atoms with Crippen LogP contribution in [-0.2, 0) is 18.4 Å². The van der Waals surface area contributed by atoms with Gasteiger partial charge >= 0.3 is 0 Å². The number of hydrogen-bond acceptors (Lipinski definition) is 6. The number of piperidine rings is 1. The topological polar surface area (TPSA) is 120 Å². The monoisotopic (exact) mass is 613 g/mol. The first-order valence-corrected chi connectivity index (χ1v) is 16.4. The number of carbonyl (C=O) groups is 2. The molecule has 1 aromatic carbocycles. The van der Waals surface area contributed by atoms with Crippen LogP contribution in [0.5, 0.6) is 5.75 Å². The number of likely N-dealkylation sites (tertiary alicyclic amines) is 1. The maximum Gasteiger partial charge on any atom is 0.254 e. The first-order valence-electron chi connectivity index (χ1n) is 16.4. The van der Waals surface area contributed by atoms with E-state index in [9.17, 15) is 9.59 Å². The molecule has 0 spiro atoms. The fourth-order valence-electron chi connectivity index (χ4n) is 7.01. The molecule has 5 heterocycles. The van der Waals surface area contributed by atoms with Gasteiger partial charge in [-0.2, -0.15) is 0 Å². The number of benzene rings is 1. The van der Waals surface area contributed by atoms with Crippen molar-refractivity contribution in [2.24, 2.45) is 18.2 Å². The molecule has 10 heteroatoms. The molecule has 2 amide bonds. The molecule has 240 valence electrons. The van der Waals surface area contributed by atoms with Gasteiger partial charge in [0.1, 0.15) is 16.9 Å². The number of nitrogens with one attached hydrogen (secondary N) is 1. The van der Waals surface area contributed by atoms with Gasteiger partial charge in [-0.25, -0.2) is 9.97 Å². The Labute approximate surface area is 265 Å². The Balaban J connectivity index is 1.44. The van der Waals surface area contributed by atoms with Crippen molar-refractivity contribution in [3.63, 3.8) is 0 Å². The number of aromatic nitrogens is 4. The second-order valence-corrected chi connectivity index (χ2v) is 13.7. The van der Waals surface area contributed by atoms with Crippen molar-refractivity contribution in [3.8, 4) is 17.3 Å². The average Bonchev–Trinajstić information content (AvgIpc) is 3.55. The molecule has 2 aliphatic rings. The molecule has 2 aliphatic heterocycles. The summed E-state index contributed by atoms with van der Waals surface area (Å²) in [6.07, 6.45) is 6.81. The maximum atomic E-state index is 13.7. The minimum Gasteiger partial charge on any atom is -0.494 e. The summed E-state index contributed by atoms with van der Waals surface area (Å²) in [5.74, 6) is 1.41. The molecule has 0 aliphatic carbocycles. The molecule has 3 atom stereocenters. The van der Waals surface area contributed by atoms with Crippen LogP contribution >= 0.6 is 0 Å². The third-order valence-corrected chi connectivity index (χ3v) is 10.0. The second-order valence-electron chi connectivity index (χ2n) is 13.7. The van der Waals surface area contributed by atoms with Gasteiger partial charge in [-0.05, 0) is 69.9 Å². The summed E-state index contributed by atoms with van der Waals surface area (Å²) >= 11 is 0. The molecule has 0 saturated carbocycles. The van der Waals surface area contributed by atoms with E-state index in [-0.39, 0.29) is 29.9 Å². The Kier molecular flexibility index (Phi) is 8.37. The van der Waals surface area contributed by atoms with Gasteiger partial charge in [-0.15, -0.1) is 0 Å². The summed E-state index contributed by atoms with van der Waals surface area (Å²) in [6.45, 7) is 9.58. The quantitative estimate of drug-likeness (QED) is 0.305. The zero-order valence-corrected chi connectivity index (χ0v) is 27.5. The Morgan fingerprint density at radius 3 is 2.60 bits per heavy atom. The zero-order chi connectivity index (χ0) is 32.0. The molecule has 45 heavy (non-hydrogen) atoms. The molecule has 0 unspecified atom stereocenters. The number of rotatable bonds is 3. The molecular weight excluding hydrogens is 566 g/mol. The van der Waals surface area contributed by atoms with E-state index in [0.717, 1.165) is 85.3 Å². The Hall–Kier alpha value is -3.92. The Morgan fingerprint density at radius 2 is 1.82 bits per heavy atom. The number of methoxy groups -OCH3 is 1. The van der Waals surface area contributed by atoms with Gasteiger partial charge in [0.2, 0.25) is 5.91 Å². The summed E-state index contributed by atoms with van der Waals surface area (Å²) in [5.41, 5.74) is 10.7. The predicted octanol–water partition coefficient (Wildman–Crippen LogP) is 5.72. The van der Waals surface area contributed by atoms with Gasteiger partial charge < -0.3 is 29.8 Å². The van der Waals surface area contributed by atoms with Crippen molar-refractivity contribution in [1.29, 1.82) is 0 Å². The van der Waals surface area contributed by atoms with Crippen molar-refractivity contribution >= 4 is 33.9 Å². The van der Waals surface area contributed by atoms with Crippen LogP contribution in [0.4, 0.5) is 0 Å². The number of nitrogens with zero attached hydrogens (tertiary/aromatic N) is 5. The van der Waals surface area contributed by atoms with Gasteiger partial charge in [0.05, 0.1) is 30.1 Å². The highest BCUT2D eigenvalue weighted by Crippen LogP contribution is 2.35. The van der Waals surface area contributed by atoms with Gasteiger partial charge in [0.15, 0.2) is 5.82 Å². The highest BCUT2D eigenvalue weighted by Gasteiger charge is 2.31. The largest absolute Gasteiger partial charge is 0.494 e. The van der Waals surface area contributed by atoms with Crippen LogP contribution in [0.3, 0.4) is 0 Å². The van der Waals surface area contributed by atoms with Crippen LogP contribution in [-0.4, -0.2) is 61.6 Å². The van der Waals surface area contributed by atoms with Crippen molar-refractivity contribution in [2.75, 3.05) is 13.7 Å². The standard InChI is InChI=1S/C35H47N7O3/c1-21-26-14-13-23-19-28(42(31(23)38-26)16-10-8-7-9-15-35(3,4)34(44)37-21)32-39-27-18-24(20-29(45-6)30(27)40(32)5)33(43)41-17-11-12-25(36)22(41)2/h13-14,18-22,25H,7-12,15-17,36H2,1-6H3,(H,37,44)/t21-,22-,25-/m1/s1. The van der Waals surface area contributed by atoms with Gasteiger partial charge in [-0.1, -0.05) is 33.1 Å². The number of hydrogen-bond donors (Lipinski definition) is 2. The van der Waals surface area contributed by atoms with E-state index in [4.69, 9.17) is 20.4 Å². The highest BCUT2D eigenvalue weighted by atomic mass is 16.5. The lowest BCUT2D eigenvalue weighted by molar-refractivity contribution is -0.130. The average molecular weight is 614 g/mol. The molecule has 2 bridgehead atoms. The summed E-state index contributed by atoms with van der Waals surface area (Å²) in [6, 6.07) is 9.66. The lowest BCUT2D eigenvalue weighted by Crippen LogP contribution is -2.52. The molecule has 0 radical (unpaired) electrons. The SMILES string of the molecule is COc1cc(C(=O)N2CCC[C@@H](N)[C@H]2C)cc2nc(-c3cc4ccc5nc4n3CCCCCCC(C)(C)C(=O)N[C@@H]5C)n(C)c12. The fraction of sp³-hybridized carbons (Fsp3) is 0.543. The van der Waals surface area contributed by atoms with E-state index in [1.165, 1.54) is 0 Å². The molecule has 3 aromatic heterocycles. The summed E-state index contributed by atoms with van der Waals surface area (Å²) in [4.78, 5) is 38.9. The molecule has 10 nitrogen and oxygen atoms in total. The number of fused-ring (bicyclic) bond motifs is 2. The van der Waals surface area contributed by atoms with E-state index in [1.807, 2.05) is 57.8 Å². The molecule has 1 fully saturated rings. The van der Waals surface area contributed by atoms with Crippen molar-refractivity contribution in [1.82, 2.24) is 29.3 Å². The van der Waals surface area contributed by atoms with Crippen molar-refractivity contribution < 1.29 is 14.3 Å². The van der Waals surface area contributed by atoms with Crippen LogP contribution in [0, 0.1) is 5.41 Å². The smallest absolute Gasteiger partial charge is 0.254 e. The van der Waals surface area contributed by atoms with E-state index in [1.54, 1.807) is 7.11 Å². The van der Waals surface area contributed by atoms with Crippen LogP contribution in [0.15, 0.2) is 30.3 Å². The van der Waals surface area contributed by atoms with E-state index in [2.05, 4.69) is 26.6 Å². The first kappa shape index (κ1) is 31.1. The summed E-state index contributed by atoms with van der Waals surface area (Å²) < 4.78 is 10.2. The predicted molar refractivity (Wildman–Crippen MR) is 177 cm³/mol. The number of imidazole rings is 1. The molecule has 4 aromatic rings. The van der Waals surface area contributed by atoms with Gasteiger partial charge in [0, 0.05) is 48.6 Å². The maximum absolute atomic E-state index is 13.7. The van der Waals surface area contributed by atoms with Crippen LogP contribution in [0.1, 0.15) is 94.7 Å². The van der Waals surface area contributed by atoms with Crippen LogP contribution in [0.2, 0.25) is 0 Å². The zero-order valence-electron chi connectivity index (χ0n) is 27.5. The van der Waals surface area contributed by atoms with Gasteiger partial charge in [-0.3, -0.25) is 9.59 Å². The molecule has 3 N–H and O–H groups in total. The Bertz CT molecular complexity index is 1750. The fourth-order valence-corrected chi connectivity index (χ4v) is 7.01. The van der Waals surface area contributed by atoms with E-state index in [0.29, 0.717) is 23.4 Å². The van der Waals surface area contributed by atoms with Gasteiger partial charge in [0.25, 0.3) is 5.91 Å². The number of pyridine rings is 1. The Morgan fingerprint density at radius 1 is 1.04 bits per heavy atom. The summed E-state index contributed by atoms with van der Waals surface area (Å²) in [5, 5.41) is 4.23. The van der Waals surface area contributed by atoms with Crippen molar-refractivity contribution in [3.05, 3.63) is 41.6 Å². The number of ether oxygens (including phenoxy) is 1. The minimum atomic E-state index is -0.416. The molecule has 6 rings (SSSR count). The third kappa shape index (κ3) is 5.69. The number of carbonyl (C=O) groups excluding carboxylic acids is 2. The molecular formula is C35H47N7O3. The number of nitrogens with two attached hydrogens (primary N) is 1. The van der Waals surface area contributed by atoms with E-state index >= 15 is 0 Å². The second kappa shape index (κ2) is 12.1.